The van der Waals surface area contributed by atoms with Gasteiger partial charge in [0.15, 0.2) is 0 Å². The van der Waals surface area contributed by atoms with Crippen LogP contribution in [-0.4, -0.2) is 15.5 Å². The summed E-state index contributed by atoms with van der Waals surface area (Å²) in [7, 11) is -2.21. The van der Waals surface area contributed by atoms with Crippen molar-refractivity contribution >= 4 is 15.7 Å². The van der Waals surface area contributed by atoms with Crippen LogP contribution >= 0.6 is 0 Å². The van der Waals surface area contributed by atoms with Crippen LogP contribution in [0, 0.1) is 0 Å². The fourth-order valence-corrected chi connectivity index (χ4v) is 2.43. The Morgan fingerprint density at radius 2 is 1.74 bits per heavy atom. The maximum Gasteiger partial charge on any atom is 0.240 e. The second-order valence-electron chi connectivity index (χ2n) is 4.03. The molecule has 0 spiro atoms. The van der Waals surface area contributed by atoms with E-state index in [1.54, 1.807) is 19.2 Å². The normalized spacial score (nSPS) is 11.3. The maximum absolute atomic E-state index is 11.3. The molecule has 0 unspecified atom stereocenters. The van der Waals surface area contributed by atoms with E-state index in [4.69, 9.17) is 15.6 Å². The molecule has 0 atom stereocenters. The van der Waals surface area contributed by atoms with Gasteiger partial charge in [-0.2, -0.15) is 0 Å². The summed E-state index contributed by atoms with van der Waals surface area (Å²) in [4.78, 5) is -0.0702. The molecule has 0 bridgehead atoms. The molecule has 0 aromatic heterocycles. The van der Waals surface area contributed by atoms with Gasteiger partial charge >= 0.3 is 0 Å². The van der Waals surface area contributed by atoms with Crippen LogP contribution in [0.1, 0.15) is 0 Å². The molecule has 0 amide bonds. The highest BCUT2D eigenvalue weighted by Crippen LogP contribution is 2.28. The number of hydrogen-bond donors (Lipinski definition) is 2. The Labute approximate surface area is 111 Å². The lowest BCUT2D eigenvalue weighted by Gasteiger charge is -2.08. The summed E-state index contributed by atoms with van der Waals surface area (Å²) in [5, 5.41) is 5.06. The standard InChI is InChI=1S/C13H14N2O3S/c1-18-11-4-2-3-9(7-11)10-5-6-13(12(14)8-10)19(15,16)17/h2-8H,14H2,1H3,(H2,15,16,17). The Bertz CT molecular complexity index is 712. The first-order valence-corrected chi connectivity index (χ1v) is 7.03. The Balaban J connectivity index is 2.50. The molecule has 0 heterocycles. The minimum Gasteiger partial charge on any atom is -0.497 e. The first kappa shape index (κ1) is 13.4. The number of methoxy groups -OCH3 is 1. The fourth-order valence-electron chi connectivity index (χ4n) is 1.79. The van der Waals surface area contributed by atoms with Gasteiger partial charge in [-0.05, 0) is 35.4 Å². The number of nitrogens with two attached hydrogens (primary N) is 2. The number of primary sulfonamides is 1. The van der Waals surface area contributed by atoms with Gasteiger partial charge in [-0.3, -0.25) is 0 Å². The van der Waals surface area contributed by atoms with Crippen molar-refractivity contribution < 1.29 is 13.2 Å². The molecule has 0 saturated carbocycles. The summed E-state index contributed by atoms with van der Waals surface area (Å²) < 4.78 is 27.7. The molecule has 0 radical (unpaired) electrons. The second kappa shape index (κ2) is 4.91. The van der Waals surface area contributed by atoms with Crippen LogP contribution in [0.15, 0.2) is 47.4 Å². The topological polar surface area (TPSA) is 95.4 Å². The number of hydrogen-bond acceptors (Lipinski definition) is 4. The summed E-state index contributed by atoms with van der Waals surface area (Å²) in [6.07, 6.45) is 0. The molecule has 0 saturated heterocycles. The lowest BCUT2D eigenvalue weighted by molar-refractivity contribution is 0.415. The van der Waals surface area contributed by atoms with Crippen LogP contribution in [0.3, 0.4) is 0 Å². The van der Waals surface area contributed by atoms with Crippen LogP contribution in [0.5, 0.6) is 5.75 Å². The zero-order chi connectivity index (χ0) is 14.0. The summed E-state index contributed by atoms with van der Waals surface area (Å²) >= 11 is 0. The van der Waals surface area contributed by atoms with E-state index in [-0.39, 0.29) is 10.6 Å². The SMILES string of the molecule is COc1cccc(-c2ccc(S(N)(=O)=O)c(N)c2)c1. The Kier molecular flexibility index (Phi) is 3.46. The van der Waals surface area contributed by atoms with Crippen LogP contribution in [0.25, 0.3) is 11.1 Å². The van der Waals surface area contributed by atoms with E-state index in [2.05, 4.69) is 0 Å². The fraction of sp³-hybridized carbons (Fsp3) is 0.0769. The van der Waals surface area contributed by atoms with Crippen molar-refractivity contribution in [2.24, 2.45) is 5.14 Å². The predicted molar refractivity (Wildman–Crippen MR) is 74.2 cm³/mol. The third kappa shape index (κ3) is 2.86. The lowest BCUT2D eigenvalue weighted by atomic mass is 10.1. The molecule has 2 aromatic carbocycles. The molecule has 6 heteroatoms. The van der Waals surface area contributed by atoms with E-state index >= 15 is 0 Å². The minimum atomic E-state index is -3.79. The summed E-state index contributed by atoms with van der Waals surface area (Å²) in [6, 6.07) is 12.0. The minimum absolute atomic E-state index is 0.0702. The number of anilines is 1. The predicted octanol–water partition coefficient (Wildman–Crippen LogP) is 1.59. The molecular weight excluding hydrogens is 264 g/mol. The van der Waals surface area contributed by atoms with Gasteiger partial charge < -0.3 is 10.5 Å². The Morgan fingerprint density at radius 1 is 1.05 bits per heavy atom. The van der Waals surface area contributed by atoms with Crippen molar-refractivity contribution in [3.63, 3.8) is 0 Å². The molecule has 19 heavy (non-hydrogen) atoms. The average Bonchev–Trinajstić information content (AvgIpc) is 2.37. The van der Waals surface area contributed by atoms with Gasteiger partial charge in [0.25, 0.3) is 0 Å². The number of nitrogen functional groups attached to an aromatic ring is 1. The molecule has 0 aliphatic carbocycles. The third-order valence-corrected chi connectivity index (χ3v) is 3.70. The molecule has 0 fully saturated rings. The van der Waals surface area contributed by atoms with E-state index < -0.39 is 10.0 Å². The lowest BCUT2D eigenvalue weighted by Crippen LogP contribution is -2.14. The van der Waals surface area contributed by atoms with Crippen molar-refractivity contribution in [2.75, 3.05) is 12.8 Å². The zero-order valence-electron chi connectivity index (χ0n) is 10.3. The first-order chi connectivity index (χ1) is 8.91. The highest BCUT2D eigenvalue weighted by Gasteiger charge is 2.12. The quantitative estimate of drug-likeness (QED) is 0.833. The van der Waals surface area contributed by atoms with Crippen LogP contribution in [-0.2, 0) is 10.0 Å². The molecule has 4 N–H and O–H groups in total. The Morgan fingerprint density at radius 3 is 2.32 bits per heavy atom. The van der Waals surface area contributed by atoms with Crippen LogP contribution < -0.4 is 15.6 Å². The van der Waals surface area contributed by atoms with Gasteiger partial charge in [-0.15, -0.1) is 0 Å². The van der Waals surface area contributed by atoms with Crippen molar-refractivity contribution in [3.8, 4) is 16.9 Å². The summed E-state index contributed by atoms with van der Waals surface area (Å²) in [5.74, 6) is 0.714. The first-order valence-electron chi connectivity index (χ1n) is 5.48. The van der Waals surface area contributed by atoms with Crippen molar-refractivity contribution in [1.29, 1.82) is 0 Å². The molecule has 5 nitrogen and oxygen atoms in total. The van der Waals surface area contributed by atoms with Gasteiger partial charge in [0.2, 0.25) is 10.0 Å². The molecule has 0 aliphatic heterocycles. The van der Waals surface area contributed by atoms with Gasteiger partial charge in [0.1, 0.15) is 10.6 Å². The molecule has 100 valence electrons. The van der Waals surface area contributed by atoms with Gasteiger partial charge in [-0.1, -0.05) is 18.2 Å². The smallest absolute Gasteiger partial charge is 0.240 e. The number of benzene rings is 2. The molecule has 0 aliphatic rings. The highest BCUT2D eigenvalue weighted by atomic mass is 32.2. The molecule has 2 aromatic rings. The molecule has 2 rings (SSSR count). The van der Waals surface area contributed by atoms with E-state index in [1.807, 2.05) is 24.3 Å². The third-order valence-electron chi connectivity index (χ3n) is 2.72. The van der Waals surface area contributed by atoms with Gasteiger partial charge in [-0.25, -0.2) is 13.6 Å². The van der Waals surface area contributed by atoms with Gasteiger partial charge in [0.05, 0.1) is 12.8 Å². The van der Waals surface area contributed by atoms with Crippen molar-refractivity contribution in [3.05, 3.63) is 42.5 Å². The zero-order valence-corrected chi connectivity index (χ0v) is 11.1. The van der Waals surface area contributed by atoms with E-state index in [1.165, 1.54) is 6.07 Å². The number of sulfonamides is 1. The van der Waals surface area contributed by atoms with E-state index in [0.29, 0.717) is 5.75 Å². The highest BCUT2D eigenvalue weighted by molar-refractivity contribution is 7.89. The van der Waals surface area contributed by atoms with E-state index in [9.17, 15) is 8.42 Å². The molecular formula is C13H14N2O3S. The second-order valence-corrected chi connectivity index (χ2v) is 5.56. The summed E-state index contributed by atoms with van der Waals surface area (Å²) in [6.45, 7) is 0. The monoisotopic (exact) mass is 278 g/mol. The number of ether oxygens (including phenoxy) is 1. The van der Waals surface area contributed by atoms with Crippen LogP contribution in [0.2, 0.25) is 0 Å². The maximum atomic E-state index is 11.3. The summed E-state index contributed by atoms with van der Waals surface area (Å²) in [5.41, 5.74) is 7.53. The Hall–Kier alpha value is -2.05. The largest absolute Gasteiger partial charge is 0.497 e. The van der Waals surface area contributed by atoms with Crippen LogP contribution in [0.4, 0.5) is 5.69 Å². The van der Waals surface area contributed by atoms with Gasteiger partial charge in [0, 0.05) is 0 Å². The van der Waals surface area contributed by atoms with Crippen molar-refractivity contribution in [2.45, 2.75) is 4.90 Å². The average molecular weight is 278 g/mol. The number of rotatable bonds is 3. The van der Waals surface area contributed by atoms with Crippen molar-refractivity contribution in [1.82, 2.24) is 0 Å². The van der Waals surface area contributed by atoms with E-state index in [0.717, 1.165) is 11.1 Å².